The standard InChI is InChI=1S/C12H9Br2FN2O2S/c1-7-2-11(15)10(14)4-12(7)17-20(18,19)9-3-8(13)5-16-6-9/h2-6,17H,1H3. The number of aryl methyl sites for hydroxylation is 1. The highest BCUT2D eigenvalue weighted by atomic mass is 79.9. The van der Waals surface area contributed by atoms with Crippen LogP contribution >= 0.6 is 31.9 Å². The Balaban J connectivity index is 2.41. The van der Waals surface area contributed by atoms with Crippen LogP contribution in [0.15, 0.2) is 44.4 Å². The fourth-order valence-electron chi connectivity index (χ4n) is 1.50. The van der Waals surface area contributed by atoms with Crippen molar-refractivity contribution in [3.05, 3.63) is 50.9 Å². The van der Waals surface area contributed by atoms with Crippen molar-refractivity contribution >= 4 is 47.6 Å². The minimum Gasteiger partial charge on any atom is -0.279 e. The third-order valence-corrected chi connectivity index (χ3v) is 4.88. The first-order chi connectivity index (χ1) is 9.29. The van der Waals surface area contributed by atoms with E-state index in [1.54, 1.807) is 6.92 Å². The van der Waals surface area contributed by atoms with Gasteiger partial charge in [0, 0.05) is 16.9 Å². The van der Waals surface area contributed by atoms with Crippen LogP contribution in [0.2, 0.25) is 0 Å². The topological polar surface area (TPSA) is 59.1 Å². The third kappa shape index (κ3) is 3.36. The summed E-state index contributed by atoms with van der Waals surface area (Å²) in [5.74, 6) is -0.449. The van der Waals surface area contributed by atoms with Gasteiger partial charge < -0.3 is 0 Å². The molecule has 0 atom stereocenters. The molecule has 20 heavy (non-hydrogen) atoms. The Bertz CT molecular complexity index is 766. The largest absolute Gasteiger partial charge is 0.279 e. The van der Waals surface area contributed by atoms with Gasteiger partial charge in [-0.25, -0.2) is 12.8 Å². The van der Waals surface area contributed by atoms with Gasteiger partial charge in [0.2, 0.25) is 0 Å². The number of anilines is 1. The number of rotatable bonds is 3. The molecule has 0 saturated carbocycles. The van der Waals surface area contributed by atoms with Crippen LogP contribution in [-0.2, 0) is 10.0 Å². The normalized spacial score (nSPS) is 11.4. The summed E-state index contributed by atoms with van der Waals surface area (Å²) in [7, 11) is -3.77. The van der Waals surface area contributed by atoms with Gasteiger partial charge in [0.15, 0.2) is 0 Å². The first-order valence-electron chi connectivity index (χ1n) is 5.38. The Labute approximate surface area is 132 Å². The molecule has 0 aliphatic heterocycles. The molecule has 1 heterocycles. The molecule has 0 aliphatic carbocycles. The number of nitrogens with zero attached hydrogens (tertiary/aromatic N) is 1. The van der Waals surface area contributed by atoms with E-state index in [4.69, 9.17) is 0 Å². The van der Waals surface area contributed by atoms with Gasteiger partial charge in [0.1, 0.15) is 10.7 Å². The number of aromatic nitrogens is 1. The number of hydrogen-bond donors (Lipinski definition) is 1. The second-order valence-electron chi connectivity index (χ2n) is 4.03. The molecule has 0 aliphatic rings. The van der Waals surface area contributed by atoms with Crippen molar-refractivity contribution in [2.75, 3.05) is 4.72 Å². The average molecular weight is 424 g/mol. The van der Waals surface area contributed by atoms with Crippen LogP contribution < -0.4 is 4.72 Å². The Morgan fingerprint density at radius 3 is 2.55 bits per heavy atom. The number of hydrogen-bond acceptors (Lipinski definition) is 3. The zero-order chi connectivity index (χ0) is 14.9. The zero-order valence-corrected chi connectivity index (χ0v) is 14.2. The quantitative estimate of drug-likeness (QED) is 0.815. The van der Waals surface area contributed by atoms with E-state index in [9.17, 15) is 12.8 Å². The maximum atomic E-state index is 13.3. The summed E-state index contributed by atoms with van der Waals surface area (Å²) in [6, 6.07) is 4.07. The van der Waals surface area contributed by atoms with Crippen LogP contribution in [0.25, 0.3) is 0 Å². The van der Waals surface area contributed by atoms with Crippen LogP contribution in [0.4, 0.5) is 10.1 Å². The minimum atomic E-state index is -3.77. The van der Waals surface area contributed by atoms with Gasteiger partial charge in [-0.15, -0.1) is 0 Å². The molecule has 2 rings (SSSR count). The van der Waals surface area contributed by atoms with Crippen molar-refractivity contribution < 1.29 is 12.8 Å². The first-order valence-corrected chi connectivity index (χ1v) is 8.45. The smallest absolute Gasteiger partial charge is 0.263 e. The molecule has 8 heteroatoms. The molecule has 0 radical (unpaired) electrons. The maximum absolute atomic E-state index is 13.3. The highest BCUT2D eigenvalue weighted by molar-refractivity contribution is 9.10. The fraction of sp³-hybridized carbons (Fsp3) is 0.0833. The molecule has 106 valence electrons. The van der Waals surface area contributed by atoms with Crippen molar-refractivity contribution in [2.24, 2.45) is 0 Å². The molecule has 0 spiro atoms. The molecular weight excluding hydrogens is 415 g/mol. The van der Waals surface area contributed by atoms with E-state index in [-0.39, 0.29) is 9.37 Å². The summed E-state index contributed by atoms with van der Waals surface area (Å²) in [6.45, 7) is 1.62. The summed E-state index contributed by atoms with van der Waals surface area (Å²) >= 11 is 6.19. The monoisotopic (exact) mass is 422 g/mol. The van der Waals surface area contributed by atoms with Gasteiger partial charge in [-0.05, 0) is 62.5 Å². The molecule has 0 saturated heterocycles. The SMILES string of the molecule is Cc1cc(F)c(Br)cc1NS(=O)(=O)c1cncc(Br)c1. The lowest BCUT2D eigenvalue weighted by atomic mass is 10.2. The number of sulfonamides is 1. The summed E-state index contributed by atoms with van der Waals surface area (Å²) in [5.41, 5.74) is 0.787. The second-order valence-corrected chi connectivity index (χ2v) is 7.48. The molecule has 1 aromatic heterocycles. The number of nitrogens with one attached hydrogen (secondary N) is 1. The summed E-state index contributed by atoms with van der Waals surface area (Å²) < 4.78 is 40.9. The van der Waals surface area contributed by atoms with Gasteiger partial charge in [-0.3, -0.25) is 9.71 Å². The Morgan fingerprint density at radius 2 is 1.90 bits per heavy atom. The minimum absolute atomic E-state index is 0.0201. The molecule has 0 unspecified atom stereocenters. The molecule has 0 bridgehead atoms. The number of benzene rings is 1. The average Bonchev–Trinajstić information content (AvgIpc) is 2.36. The zero-order valence-electron chi connectivity index (χ0n) is 10.2. The third-order valence-electron chi connectivity index (χ3n) is 2.50. The van der Waals surface area contributed by atoms with E-state index in [1.807, 2.05) is 0 Å². The molecule has 0 amide bonds. The molecule has 0 fully saturated rings. The van der Waals surface area contributed by atoms with E-state index in [1.165, 1.54) is 30.6 Å². The Morgan fingerprint density at radius 1 is 1.20 bits per heavy atom. The van der Waals surface area contributed by atoms with Crippen LogP contribution in [-0.4, -0.2) is 13.4 Å². The summed E-state index contributed by atoms with van der Waals surface area (Å²) in [5, 5.41) is 0. The van der Waals surface area contributed by atoms with Gasteiger partial charge >= 0.3 is 0 Å². The lowest BCUT2D eigenvalue weighted by molar-refractivity contribution is 0.600. The summed E-state index contributed by atoms with van der Waals surface area (Å²) in [4.78, 5) is 3.83. The van der Waals surface area contributed by atoms with Crippen molar-refractivity contribution in [2.45, 2.75) is 11.8 Å². The van der Waals surface area contributed by atoms with Crippen LogP contribution in [0, 0.1) is 12.7 Å². The molecule has 1 aromatic carbocycles. The van der Waals surface area contributed by atoms with E-state index < -0.39 is 15.8 Å². The van der Waals surface area contributed by atoms with Crippen LogP contribution in [0.1, 0.15) is 5.56 Å². The predicted octanol–water partition coefficient (Wildman–Crippen LogP) is 3.85. The van der Waals surface area contributed by atoms with Gasteiger partial charge in [-0.2, -0.15) is 0 Å². The maximum Gasteiger partial charge on any atom is 0.263 e. The van der Waals surface area contributed by atoms with Crippen molar-refractivity contribution in [1.82, 2.24) is 4.98 Å². The van der Waals surface area contributed by atoms with Gasteiger partial charge in [0.25, 0.3) is 10.0 Å². The fourth-order valence-corrected chi connectivity index (χ4v) is 3.47. The predicted molar refractivity (Wildman–Crippen MR) is 81.6 cm³/mol. The summed E-state index contributed by atoms with van der Waals surface area (Å²) in [6.07, 6.45) is 2.72. The van der Waals surface area contributed by atoms with Crippen LogP contribution in [0.5, 0.6) is 0 Å². The first kappa shape index (κ1) is 15.4. The van der Waals surface area contributed by atoms with Crippen molar-refractivity contribution in [3.63, 3.8) is 0 Å². The highest BCUT2D eigenvalue weighted by Gasteiger charge is 2.17. The van der Waals surface area contributed by atoms with Gasteiger partial charge in [-0.1, -0.05) is 0 Å². The number of pyridine rings is 1. The van der Waals surface area contributed by atoms with E-state index >= 15 is 0 Å². The van der Waals surface area contributed by atoms with E-state index in [0.29, 0.717) is 15.7 Å². The van der Waals surface area contributed by atoms with Crippen molar-refractivity contribution in [1.29, 1.82) is 0 Å². The van der Waals surface area contributed by atoms with Gasteiger partial charge in [0.05, 0.1) is 10.2 Å². The van der Waals surface area contributed by atoms with E-state index in [0.717, 1.165) is 0 Å². The Hall–Kier alpha value is -0.990. The Kier molecular flexibility index (Phi) is 4.46. The molecule has 2 aromatic rings. The lowest BCUT2D eigenvalue weighted by Crippen LogP contribution is -2.14. The highest BCUT2D eigenvalue weighted by Crippen LogP contribution is 2.26. The molecular formula is C12H9Br2FN2O2S. The molecule has 4 nitrogen and oxygen atoms in total. The lowest BCUT2D eigenvalue weighted by Gasteiger charge is -2.11. The van der Waals surface area contributed by atoms with Crippen molar-refractivity contribution in [3.8, 4) is 0 Å². The van der Waals surface area contributed by atoms with E-state index in [2.05, 4.69) is 41.6 Å². The number of halogens is 3. The molecule has 1 N–H and O–H groups in total. The van der Waals surface area contributed by atoms with Crippen LogP contribution in [0.3, 0.4) is 0 Å². The second kappa shape index (κ2) is 5.79.